The van der Waals surface area contributed by atoms with Crippen molar-refractivity contribution in [2.75, 3.05) is 7.11 Å². The first-order valence-electron chi connectivity index (χ1n) is 4.41. The Morgan fingerprint density at radius 1 is 1.13 bits per heavy atom. The highest BCUT2D eigenvalue weighted by atomic mass is 19.1. The third-order valence-electron chi connectivity index (χ3n) is 2.05. The van der Waals surface area contributed by atoms with Crippen molar-refractivity contribution in [3.05, 3.63) is 42.7 Å². The van der Waals surface area contributed by atoms with Crippen molar-refractivity contribution in [2.45, 2.75) is 0 Å². The minimum atomic E-state index is -0.466. The third-order valence-corrected chi connectivity index (χ3v) is 2.05. The summed E-state index contributed by atoms with van der Waals surface area (Å²) in [4.78, 5) is 7.69. The maximum Gasteiger partial charge on any atom is 0.183 e. The predicted octanol–water partition coefficient (Wildman–Crippen LogP) is 2.29. The molecule has 0 N–H and O–H groups in total. The van der Waals surface area contributed by atoms with Crippen LogP contribution in [-0.4, -0.2) is 17.1 Å². The first kappa shape index (κ1) is 9.58. The van der Waals surface area contributed by atoms with E-state index in [1.807, 2.05) is 0 Å². The number of rotatable bonds is 2. The number of halogens is 1. The topological polar surface area (TPSA) is 35.0 Å². The number of methoxy groups -OCH3 is 1. The second kappa shape index (κ2) is 4.04. The molecule has 0 radical (unpaired) electrons. The van der Waals surface area contributed by atoms with Gasteiger partial charge in [0.1, 0.15) is 0 Å². The Labute approximate surface area is 86.6 Å². The van der Waals surface area contributed by atoms with Crippen molar-refractivity contribution in [3.8, 4) is 16.9 Å². The smallest absolute Gasteiger partial charge is 0.183 e. The van der Waals surface area contributed by atoms with Gasteiger partial charge >= 0.3 is 0 Å². The number of ether oxygens (including phenoxy) is 1. The molecule has 0 aliphatic rings. The molecule has 2 heterocycles. The van der Waals surface area contributed by atoms with E-state index in [1.54, 1.807) is 30.7 Å². The SMILES string of the molecule is COc1c(F)cncc1-c1ccncc1. The lowest BCUT2D eigenvalue weighted by molar-refractivity contribution is 0.387. The lowest BCUT2D eigenvalue weighted by Crippen LogP contribution is -1.93. The number of hydrogen-bond acceptors (Lipinski definition) is 3. The van der Waals surface area contributed by atoms with Gasteiger partial charge in [-0.25, -0.2) is 4.39 Å². The molecule has 0 spiro atoms. The van der Waals surface area contributed by atoms with Crippen LogP contribution in [0.25, 0.3) is 11.1 Å². The van der Waals surface area contributed by atoms with Gasteiger partial charge < -0.3 is 4.74 Å². The van der Waals surface area contributed by atoms with Crippen LogP contribution in [0.2, 0.25) is 0 Å². The van der Waals surface area contributed by atoms with Gasteiger partial charge in [0.05, 0.1) is 13.3 Å². The zero-order chi connectivity index (χ0) is 10.7. The van der Waals surface area contributed by atoms with Gasteiger partial charge in [-0.15, -0.1) is 0 Å². The number of pyridine rings is 2. The molecular weight excluding hydrogens is 195 g/mol. The first-order valence-corrected chi connectivity index (χ1v) is 4.41. The molecule has 0 unspecified atom stereocenters. The Kier molecular flexibility index (Phi) is 2.58. The summed E-state index contributed by atoms with van der Waals surface area (Å²) in [7, 11) is 1.43. The van der Waals surface area contributed by atoms with E-state index in [4.69, 9.17) is 4.74 Å². The molecule has 4 heteroatoms. The second-order valence-corrected chi connectivity index (χ2v) is 2.94. The highest BCUT2D eigenvalue weighted by Crippen LogP contribution is 2.30. The van der Waals surface area contributed by atoms with Gasteiger partial charge in [0.25, 0.3) is 0 Å². The molecule has 0 saturated heterocycles. The fourth-order valence-corrected chi connectivity index (χ4v) is 1.37. The zero-order valence-corrected chi connectivity index (χ0v) is 8.14. The van der Waals surface area contributed by atoms with Crippen molar-refractivity contribution in [2.24, 2.45) is 0 Å². The normalized spacial score (nSPS) is 10.0. The monoisotopic (exact) mass is 204 g/mol. The minimum absolute atomic E-state index is 0.205. The molecule has 15 heavy (non-hydrogen) atoms. The molecule has 0 fully saturated rings. The van der Waals surface area contributed by atoms with Crippen molar-refractivity contribution >= 4 is 0 Å². The van der Waals surface area contributed by atoms with Crippen molar-refractivity contribution in [3.63, 3.8) is 0 Å². The van der Waals surface area contributed by atoms with Gasteiger partial charge in [-0.1, -0.05) is 0 Å². The molecule has 0 bridgehead atoms. The average molecular weight is 204 g/mol. The lowest BCUT2D eigenvalue weighted by Gasteiger charge is -2.07. The van der Waals surface area contributed by atoms with E-state index in [0.717, 1.165) is 11.8 Å². The van der Waals surface area contributed by atoms with Crippen LogP contribution in [-0.2, 0) is 0 Å². The van der Waals surface area contributed by atoms with Crippen LogP contribution in [0, 0.1) is 5.82 Å². The fraction of sp³-hybridized carbons (Fsp3) is 0.0909. The predicted molar refractivity (Wildman–Crippen MR) is 54.0 cm³/mol. The molecule has 3 nitrogen and oxygen atoms in total. The standard InChI is InChI=1S/C11H9FN2O/c1-15-11-9(6-14-7-10(11)12)8-2-4-13-5-3-8/h2-7H,1H3. The van der Waals surface area contributed by atoms with E-state index in [-0.39, 0.29) is 5.75 Å². The number of aromatic nitrogens is 2. The molecule has 0 saturated carbocycles. The Morgan fingerprint density at radius 2 is 1.87 bits per heavy atom. The summed E-state index contributed by atoms with van der Waals surface area (Å²) in [5, 5.41) is 0. The van der Waals surface area contributed by atoms with Crippen LogP contribution in [0.1, 0.15) is 0 Å². The molecule has 2 rings (SSSR count). The van der Waals surface area contributed by atoms with E-state index >= 15 is 0 Å². The molecular formula is C11H9FN2O. The molecule has 0 atom stereocenters. The highest BCUT2D eigenvalue weighted by molar-refractivity contribution is 5.69. The van der Waals surface area contributed by atoms with Crippen LogP contribution in [0.5, 0.6) is 5.75 Å². The lowest BCUT2D eigenvalue weighted by atomic mass is 10.1. The Bertz CT molecular complexity index is 459. The largest absolute Gasteiger partial charge is 0.493 e. The molecule has 0 amide bonds. The summed E-state index contributed by atoms with van der Waals surface area (Å²) in [6.07, 6.45) is 5.97. The molecule has 2 aromatic heterocycles. The zero-order valence-electron chi connectivity index (χ0n) is 8.14. The van der Waals surface area contributed by atoms with Crippen molar-refractivity contribution in [1.82, 2.24) is 9.97 Å². The minimum Gasteiger partial charge on any atom is -0.493 e. The fourth-order valence-electron chi connectivity index (χ4n) is 1.37. The maximum atomic E-state index is 13.3. The molecule has 0 aromatic carbocycles. The molecule has 76 valence electrons. The third kappa shape index (κ3) is 1.79. The van der Waals surface area contributed by atoms with Crippen LogP contribution in [0.15, 0.2) is 36.9 Å². The van der Waals surface area contributed by atoms with Gasteiger partial charge in [0.15, 0.2) is 11.6 Å². The van der Waals surface area contributed by atoms with E-state index in [0.29, 0.717) is 5.56 Å². The van der Waals surface area contributed by atoms with Gasteiger partial charge in [0.2, 0.25) is 0 Å². The van der Waals surface area contributed by atoms with Gasteiger partial charge in [0, 0.05) is 24.2 Å². The summed E-state index contributed by atoms with van der Waals surface area (Å²) in [5.41, 5.74) is 1.45. The molecule has 0 aliphatic heterocycles. The second-order valence-electron chi connectivity index (χ2n) is 2.94. The molecule has 0 aliphatic carbocycles. The summed E-state index contributed by atoms with van der Waals surface area (Å²) >= 11 is 0. The summed E-state index contributed by atoms with van der Waals surface area (Å²) in [6, 6.07) is 3.55. The van der Waals surface area contributed by atoms with Crippen LogP contribution in [0.3, 0.4) is 0 Å². The van der Waals surface area contributed by atoms with E-state index < -0.39 is 5.82 Å². The van der Waals surface area contributed by atoms with E-state index in [2.05, 4.69) is 9.97 Å². The average Bonchev–Trinajstić information content (AvgIpc) is 2.30. The summed E-state index contributed by atoms with van der Waals surface area (Å²) < 4.78 is 18.3. The van der Waals surface area contributed by atoms with Crippen LogP contribution < -0.4 is 4.74 Å². The summed E-state index contributed by atoms with van der Waals surface area (Å²) in [5.74, 6) is -0.261. The van der Waals surface area contributed by atoms with Gasteiger partial charge in [-0.2, -0.15) is 0 Å². The number of hydrogen-bond donors (Lipinski definition) is 0. The Hall–Kier alpha value is -1.97. The number of nitrogens with zero attached hydrogens (tertiary/aromatic N) is 2. The van der Waals surface area contributed by atoms with Crippen LogP contribution in [0.4, 0.5) is 4.39 Å². The van der Waals surface area contributed by atoms with Gasteiger partial charge in [-0.05, 0) is 17.7 Å². The Balaban J connectivity index is 2.58. The van der Waals surface area contributed by atoms with Crippen molar-refractivity contribution in [1.29, 1.82) is 0 Å². The quantitative estimate of drug-likeness (QED) is 0.752. The van der Waals surface area contributed by atoms with E-state index in [9.17, 15) is 4.39 Å². The Morgan fingerprint density at radius 3 is 2.53 bits per heavy atom. The van der Waals surface area contributed by atoms with Crippen LogP contribution >= 0.6 is 0 Å². The highest BCUT2D eigenvalue weighted by Gasteiger charge is 2.10. The summed E-state index contributed by atoms with van der Waals surface area (Å²) in [6.45, 7) is 0. The van der Waals surface area contributed by atoms with Gasteiger partial charge in [-0.3, -0.25) is 9.97 Å². The molecule has 2 aromatic rings. The van der Waals surface area contributed by atoms with Crippen molar-refractivity contribution < 1.29 is 9.13 Å². The maximum absolute atomic E-state index is 13.3. The van der Waals surface area contributed by atoms with E-state index in [1.165, 1.54) is 7.11 Å². The first-order chi connectivity index (χ1) is 7.33.